The van der Waals surface area contributed by atoms with Gasteiger partial charge < -0.3 is 4.74 Å². The molecule has 1 saturated carbocycles. The van der Waals surface area contributed by atoms with Gasteiger partial charge in [0.2, 0.25) is 0 Å². The number of hydrogen-bond acceptors (Lipinski definition) is 4. The largest absolute Gasteiger partial charge is 0.465 e. The normalized spacial score (nSPS) is 16.3. The van der Waals surface area contributed by atoms with E-state index in [1.807, 2.05) is 13.0 Å². The highest BCUT2D eigenvalue weighted by molar-refractivity contribution is 7.90. The topological polar surface area (TPSA) is 60.4 Å². The molecule has 1 aliphatic carbocycles. The Morgan fingerprint density at radius 2 is 1.87 bits per heavy atom. The highest BCUT2D eigenvalue weighted by Crippen LogP contribution is 2.37. The van der Waals surface area contributed by atoms with Crippen LogP contribution < -0.4 is 0 Å². The van der Waals surface area contributed by atoms with E-state index in [2.05, 4.69) is 0 Å². The van der Waals surface area contributed by atoms with Gasteiger partial charge in [0.25, 0.3) is 0 Å². The van der Waals surface area contributed by atoms with Crippen molar-refractivity contribution in [2.75, 3.05) is 13.4 Å². The lowest BCUT2D eigenvalue weighted by molar-refractivity contribution is 0.0599. The summed E-state index contributed by atoms with van der Waals surface area (Å²) in [5, 5.41) is 0. The van der Waals surface area contributed by atoms with Crippen LogP contribution in [0.3, 0.4) is 0 Å². The molecule has 0 unspecified atom stereocenters. The number of hydrogen-bond donors (Lipinski definition) is 0. The Morgan fingerprint density at radius 1 is 1.22 bits per heavy atom. The Balaban J connectivity index is 2.63. The van der Waals surface area contributed by atoms with Crippen LogP contribution in [0.5, 0.6) is 0 Å². The second-order valence-electron chi connectivity index (χ2n) is 6.40. The zero-order valence-electron chi connectivity index (χ0n) is 14.2. The van der Waals surface area contributed by atoms with Crippen molar-refractivity contribution >= 4 is 15.8 Å². The Kier molecular flexibility index (Phi) is 5.84. The maximum Gasteiger partial charge on any atom is 0.338 e. The average molecular weight is 338 g/mol. The Morgan fingerprint density at radius 3 is 2.39 bits per heavy atom. The molecule has 0 heterocycles. The van der Waals surface area contributed by atoms with Crippen molar-refractivity contribution in [2.45, 2.75) is 62.7 Å². The summed E-state index contributed by atoms with van der Waals surface area (Å²) >= 11 is 0. The maximum atomic E-state index is 12.3. The van der Waals surface area contributed by atoms with Crippen LogP contribution in [0, 0.1) is 0 Å². The zero-order chi connectivity index (χ0) is 17.0. The van der Waals surface area contributed by atoms with Crippen LogP contribution in [0.1, 0.15) is 72.9 Å². The van der Waals surface area contributed by atoms with Crippen LogP contribution in [0.15, 0.2) is 17.0 Å². The van der Waals surface area contributed by atoms with Crippen LogP contribution in [0.25, 0.3) is 0 Å². The second-order valence-corrected chi connectivity index (χ2v) is 8.38. The minimum Gasteiger partial charge on any atom is -0.465 e. The van der Waals surface area contributed by atoms with Crippen molar-refractivity contribution in [1.29, 1.82) is 0 Å². The van der Waals surface area contributed by atoms with E-state index in [0.717, 1.165) is 49.7 Å². The van der Waals surface area contributed by atoms with Gasteiger partial charge in [-0.3, -0.25) is 0 Å². The monoisotopic (exact) mass is 338 g/mol. The van der Waals surface area contributed by atoms with Crippen molar-refractivity contribution in [3.05, 3.63) is 28.8 Å². The fourth-order valence-corrected chi connectivity index (χ4v) is 4.46. The highest BCUT2D eigenvalue weighted by Gasteiger charge is 2.26. The van der Waals surface area contributed by atoms with Gasteiger partial charge in [-0.2, -0.15) is 0 Å². The van der Waals surface area contributed by atoms with Crippen LogP contribution in [-0.4, -0.2) is 27.8 Å². The number of carbonyl (C=O) groups excluding carboxylic acids is 1. The molecule has 4 nitrogen and oxygen atoms in total. The summed E-state index contributed by atoms with van der Waals surface area (Å²) in [6, 6.07) is 3.48. The molecule has 0 bridgehead atoms. The average Bonchev–Trinajstić information content (AvgIpc) is 2.54. The minimum absolute atomic E-state index is 0.274. The molecule has 0 radical (unpaired) electrons. The van der Waals surface area contributed by atoms with Crippen molar-refractivity contribution < 1.29 is 17.9 Å². The molecular weight excluding hydrogens is 312 g/mol. The van der Waals surface area contributed by atoms with E-state index in [9.17, 15) is 13.2 Å². The SMILES string of the molecule is CCCc1cc(C2CCCCC2)c(S(C)(=O)=O)cc1C(=O)OC. The lowest BCUT2D eigenvalue weighted by atomic mass is 9.82. The van der Waals surface area contributed by atoms with E-state index in [-0.39, 0.29) is 5.92 Å². The molecule has 23 heavy (non-hydrogen) atoms. The van der Waals surface area contributed by atoms with Gasteiger partial charge in [0.05, 0.1) is 17.6 Å². The van der Waals surface area contributed by atoms with Crippen LogP contribution in [-0.2, 0) is 21.0 Å². The van der Waals surface area contributed by atoms with E-state index in [0.29, 0.717) is 10.5 Å². The summed E-state index contributed by atoms with van der Waals surface area (Å²) < 4.78 is 29.4. The number of esters is 1. The summed E-state index contributed by atoms with van der Waals surface area (Å²) in [6.07, 6.45) is 8.38. The molecular formula is C18H26O4S. The first-order valence-electron chi connectivity index (χ1n) is 8.33. The molecule has 1 fully saturated rings. The number of methoxy groups -OCH3 is 1. The summed E-state index contributed by atoms with van der Waals surface area (Å²) in [6.45, 7) is 2.05. The smallest absolute Gasteiger partial charge is 0.338 e. The molecule has 0 atom stereocenters. The fraction of sp³-hybridized carbons (Fsp3) is 0.611. The van der Waals surface area contributed by atoms with Gasteiger partial charge in [-0.25, -0.2) is 13.2 Å². The van der Waals surface area contributed by atoms with Gasteiger partial charge in [-0.1, -0.05) is 38.7 Å². The summed E-state index contributed by atoms with van der Waals surface area (Å²) in [7, 11) is -2.06. The fourth-order valence-electron chi connectivity index (χ4n) is 3.47. The van der Waals surface area contributed by atoms with Gasteiger partial charge in [-0.15, -0.1) is 0 Å². The molecule has 0 aromatic heterocycles. The highest BCUT2D eigenvalue weighted by atomic mass is 32.2. The Labute approximate surface area is 139 Å². The molecule has 0 N–H and O–H groups in total. The number of sulfone groups is 1. The quantitative estimate of drug-likeness (QED) is 0.765. The third-order valence-electron chi connectivity index (χ3n) is 4.60. The molecule has 0 spiro atoms. The van der Waals surface area contributed by atoms with Crippen molar-refractivity contribution in [2.24, 2.45) is 0 Å². The van der Waals surface area contributed by atoms with Gasteiger partial charge in [0.15, 0.2) is 9.84 Å². The van der Waals surface area contributed by atoms with E-state index in [4.69, 9.17) is 4.74 Å². The molecule has 1 aromatic rings. The molecule has 2 rings (SSSR count). The van der Waals surface area contributed by atoms with E-state index in [1.54, 1.807) is 0 Å². The first-order valence-corrected chi connectivity index (χ1v) is 10.2. The third kappa shape index (κ3) is 4.14. The number of rotatable bonds is 5. The summed E-state index contributed by atoms with van der Waals surface area (Å²) in [5.41, 5.74) is 2.17. The molecule has 0 aliphatic heterocycles. The molecule has 0 amide bonds. The summed E-state index contributed by atoms with van der Waals surface area (Å²) in [5.74, 6) is -0.190. The molecule has 1 aromatic carbocycles. The number of carbonyl (C=O) groups is 1. The maximum absolute atomic E-state index is 12.3. The summed E-state index contributed by atoms with van der Waals surface area (Å²) in [4.78, 5) is 12.4. The van der Waals surface area contributed by atoms with Crippen molar-refractivity contribution in [3.63, 3.8) is 0 Å². The predicted octanol–water partition coefficient (Wildman–Crippen LogP) is 3.88. The predicted molar refractivity (Wildman–Crippen MR) is 90.7 cm³/mol. The lowest BCUT2D eigenvalue weighted by Crippen LogP contribution is -2.15. The second kappa shape index (κ2) is 7.47. The Bertz CT molecular complexity index is 671. The first-order chi connectivity index (χ1) is 10.9. The molecule has 1 aliphatic rings. The van der Waals surface area contributed by atoms with Crippen LogP contribution >= 0.6 is 0 Å². The molecule has 5 heteroatoms. The van der Waals surface area contributed by atoms with Crippen LogP contribution in [0.4, 0.5) is 0 Å². The van der Waals surface area contributed by atoms with Gasteiger partial charge >= 0.3 is 5.97 Å². The van der Waals surface area contributed by atoms with Crippen LogP contribution in [0.2, 0.25) is 0 Å². The lowest BCUT2D eigenvalue weighted by Gasteiger charge is -2.25. The third-order valence-corrected chi connectivity index (χ3v) is 5.76. The van der Waals surface area contributed by atoms with Crippen molar-refractivity contribution in [3.8, 4) is 0 Å². The van der Waals surface area contributed by atoms with Gasteiger partial charge in [0.1, 0.15) is 0 Å². The Hall–Kier alpha value is -1.36. The number of ether oxygens (including phenoxy) is 1. The number of aryl methyl sites for hydroxylation is 1. The minimum atomic E-state index is -3.39. The zero-order valence-corrected chi connectivity index (χ0v) is 15.0. The van der Waals surface area contributed by atoms with Crippen molar-refractivity contribution in [1.82, 2.24) is 0 Å². The van der Waals surface area contributed by atoms with E-state index in [1.165, 1.54) is 25.9 Å². The standard InChI is InChI=1S/C18H26O4S/c1-4-8-14-11-15(13-9-6-5-7-10-13)17(23(3,20)21)12-16(14)18(19)22-2/h11-13H,4-10H2,1-3H3. The van der Waals surface area contributed by atoms with E-state index >= 15 is 0 Å². The van der Waals surface area contributed by atoms with Gasteiger partial charge in [-0.05, 0) is 42.4 Å². The van der Waals surface area contributed by atoms with E-state index < -0.39 is 15.8 Å². The van der Waals surface area contributed by atoms with Gasteiger partial charge in [0, 0.05) is 6.26 Å². The molecule has 0 saturated heterocycles. The molecule has 128 valence electrons. The first kappa shape index (κ1) is 18.0. The number of benzene rings is 1.